The van der Waals surface area contributed by atoms with Crippen LogP contribution in [0.5, 0.6) is 0 Å². The minimum Gasteiger partial charge on any atom is -0.381 e. The van der Waals surface area contributed by atoms with Crippen molar-refractivity contribution in [3.63, 3.8) is 0 Å². The highest BCUT2D eigenvalue weighted by molar-refractivity contribution is 5.88. The van der Waals surface area contributed by atoms with E-state index in [9.17, 15) is 4.79 Å². The van der Waals surface area contributed by atoms with Crippen LogP contribution in [-0.4, -0.2) is 61.6 Å². The second-order valence-electron chi connectivity index (χ2n) is 7.97. The molecular formula is C25H30N2O2. The molecule has 2 heterocycles. The van der Waals surface area contributed by atoms with Crippen molar-refractivity contribution < 1.29 is 9.53 Å². The van der Waals surface area contributed by atoms with Gasteiger partial charge < -0.3 is 9.64 Å². The summed E-state index contributed by atoms with van der Waals surface area (Å²) in [5.74, 6) is 0.284. The Hall–Kier alpha value is -2.43. The summed E-state index contributed by atoms with van der Waals surface area (Å²) >= 11 is 0. The summed E-state index contributed by atoms with van der Waals surface area (Å²) < 4.78 is 5.59. The molecule has 2 aliphatic rings. The number of ether oxygens (including phenoxy) is 1. The van der Waals surface area contributed by atoms with E-state index in [4.69, 9.17) is 4.74 Å². The number of carbonyl (C=O) groups is 1. The Morgan fingerprint density at radius 1 is 0.897 bits per heavy atom. The van der Waals surface area contributed by atoms with Crippen LogP contribution in [0.4, 0.5) is 0 Å². The molecule has 2 fully saturated rings. The fourth-order valence-corrected chi connectivity index (χ4v) is 4.44. The lowest BCUT2D eigenvalue weighted by molar-refractivity contribution is -0.143. The summed E-state index contributed by atoms with van der Waals surface area (Å²) in [6.07, 6.45) is 5.94. The third kappa shape index (κ3) is 4.60. The molecule has 2 aromatic carbocycles. The molecule has 0 saturated carbocycles. The number of benzene rings is 2. The number of hydrogen-bond donors (Lipinski definition) is 0. The van der Waals surface area contributed by atoms with Crippen LogP contribution in [-0.2, 0) is 14.9 Å². The maximum absolute atomic E-state index is 13.6. The van der Waals surface area contributed by atoms with Crippen molar-refractivity contribution in [1.29, 1.82) is 0 Å². The van der Waals surface area contributed by atoms with Gasteiger partial charge in [-0.2, -0.15) is 0 Å². The van der Waals surface area contributed by atoms with Crippen LogP contribution in [0.1, 0.15) is 24.0 Å². The molecular weight excluding hydrogens is 360 g/mol. The first-order valence-electron chi connectivity index (χ1n) is 10.6. The number of carbonyl (C=O) groups excluding carboxylic acids is 1. The van der Waals surface area contributed by atoms with E-state index in [1.807, 2.05) is 24.3 Å². The summed E-state index contributed by atoms with van der Waals surface area (Å²) in [6, 6.07) is 20.7. The second-order valence-corrected chi connectivity index (χ2v) is 7.97. The molecule has 0 aromatic heterocycles. The maximum Gasteiger partial charge on any atom is 0.233 e. The monoisotopic (exact) mass is 390 g/mol. The van der Waals surface area contributed by atoms with E-state index in [2.05, 4.69) is 58.4 Å². The lowest BCUT2D eigenvalue weighted by atomic mass is 9.73. The van der Waals surface area contributed by atoms with Crippen LogP contribution < -0.4 is 0 Å². The molecule has 0 atom stereocenters. The fraction of sp³-hybridized carbons (Fsp3) is 0.400. The summed E-state index contributed by atoms with van der Waals surface area (Å²) in [6.45, 7) is 5.68. The third-order valence-corrected chi connectivity index (χ3v) is 6.22. The summed E-state index contributed by atoms with van der Waals surface area (Å²) in [4.78, 5) is 18.1. The Labute approximate surface area is 173 Å². The van der Waals surface area contributed by atoms with E-state index in [1.165, 1.54) is 5.56 Å². The summed E-state index contributed by atoms with van der Waals surface area (Å²) in [5.41, 5.74) is 1.95. The lowest BCUT2D eigenvalue weighted by Crippen LogP contribution is -2.56. The predicted octanol–water partition coefficient (Wildman–Crippen LogP) is 3.59. The molecule has 4 nitrogen and oxygen atoms in total. The Morgan fingerprint density at radius 3 is 2.17 bits per heavy atom. The summed E-state index contributed by atoms with van der Waals surface area (Å²) in [7, 11) is 0. The minimum atomic E-state index is -0.422. The van der Waals surface area contributed by atoms with E-state index in [1.54, 1.807) is 0 Å². The lowest BCUT2D eigenvalue weighted by Gasteiger charge is -2.43. The second kappa shape index (κ2) is 9.38. The minimum absolute atomic E-state index is 0.284. The van der Waals surface area contributed by atoms with Gasteiger partial charge in [0.25, 0.3) is 0 Å². The van der Waals surface area contributed by atoms with Gasteiger partial charge in [0.1, 0.15) is 0 Å². The van der Waals surface area contributed by atoms with Crippen molar-refractivity contribution in [3.8, 4) is 0 Å². The molecule has 0 aliphatic carbocycles. The van der Waals surface area contributed by atoms with Crippen molar-refractivity contribution >= 4 is 12.0 Å². The SMILES string of the molecule is O=C(N1CCN(C/C=C/c2ccccc2)CC1)C1(c2ccccc2)CCOCC1. The molecule has 0 radical (unpaired) electrons. The van der Waals surface area contributed by atoms with Crippen LogP contribution in [0.3, 0.4) is 0 Å². The van der Waals surface area contributed by atoms with Gasteiger partial charge >= 0.3 is 0 Å². The van der Waals surface area contributed by atoms with E-state index >= 15 is 0 Å². The first kappa shape index (κ1) is 19.9. The number of nitrogens with zero attached hydrogens (tertiary/aromatic N) is 2. The quantitative estimate of drug-likeness (QED) is 0.782. The zero-order valence-electron chi connectivity index (χ0n) is 17.0. The van der Waals surface area contributed by atoms with Crippen molar-refractivity contribution in [2.24, 2.45) is 0 Å². The Balaban J connectivity index is 1.37. The van der Waals surface area contributed by atoms with Crippen molar-refractivity contribution in [2.75, 3.05) is 45.9 Å². The normalized spacial score (nSPS) is 20.1. The Morgan fingerprint density at radius 2 is 1.52 bits per heavy atom. The van der Waals surface area contributed by atoms with Crippen LogP contribution in [0.25, 0.3) is 6.08 Å². The largest absolute Gasteiger partial charge is 0.381 e. The topological polar surface area (TPSA) is 32.8 Å². The maximum atomic E-state index is 13.6. The highest BCUT2D eigenvalue weighted by Crippen LogP contribution is 2.37. The summed E-state index contributed by atoms with van der Waals surface area (Å²) in [5, 5.41) is 0. The molecule has 29 heavy (non-hydrogen) atoms. The zero-order valence-corrected chi connectivity index (χ0v) is 17.0. The van der Waals surface area contributed by atoms with Gasteiger partial charge in [0.2, 0.25) is 5.91 Å². The highest BCUT2D eigenvalue weighted by Gasteiger charge is 2.44. The first-order chi connectivity index (χ1) is 14.3. The van der Waals surface area contributed by atoms with Gasteiger partial charge in [0.05, 0.1) is 5.41 Å². The van der Waals surface area contributed by atoms with Gasteiger partial charge in [-0.15, -0.1) is 0 Å². The molecule has 2 aromatic rings. The molecule has 2 aliphatic heterocycles. The van der Waals surface area contributed by atoms with E-state index in [0.29, 0.717) is 13.2 Å². The van der Waals surface area contributed by atoms with Crippen LogP contribution in [0.15, 0.2) is 66.7 Å². The molecule has 0 bridgehead atoms. The number of rotatable bonds is 5. The molecule has 0 N–H and O–H groups in total. The molecule has 0 spiro atoms. The number of hydrogen-bond acceptors (Lipinski definition) is 3. The Kier molecular flexibility index (Phi) is 6.43. The molecule has 2 saturated heterocycles. The number of amides is 1. The van der Waals surface area contributed by atoms with Gasteiger partial charge in [-0.05, 0) is 24.0 Å². The Bertz CT molecular complexity index is 805. The van der Waals surface area contributed by atoms with Crippen molar-refractivity contribution in [1.82, 2.24) is 9.80 Å². The van der Waals surface area contributed by atoms with Crippen molar-refractivity contribution in [3.05, 3.63) is 77.9 Å². The van der Waals surface area contributed by atoms with Gasteiger partial charge in [-0.25, -0.2) is 0 Å². The highest BCUT2D eigenvalue weighted by atomic mass is 16.5. The van der Waals surface area contributed by atoms with Gasteiger partial charge in [-0.3, -0.25) is 9.69 Å². The standard InChI is InChI=1S/C25H30N2O2/c28-24(25(13-20-29-21-14-25)23-11-5-2-6-12-23)27-18-16-26(17-19-27)15-7-10-22-8-3-1-4-9-22/h1-12H,13-21H2/b10-7+. The zero-order chi connectivity index (χ0) is 19.9. The number of piperazine rings is 1. The smallest absolute Gasteiger partial charge is 0.233 e. The van der Waals surface area contributed by atoms with Crippen molar-refractivity contribution in [2.45, 2.75) is 18.3 Å². The van der Waals surface area contributed by atoms with E-state index < -0.39 is 5.41 Å². The van der Waals surface area contributed by atoms with Gasteiger partial charge in [0.15, 0.2) is 0 Å². The molecule has 152 valence electrons. The van der Waals surface area contributed by atoms with E-state index in [0.717, 1.165) is 51.1 Å². The molecule has 4 heteroatoms. The third-order valence-electron chi connectivity index (χ3n) is 6.22. The predicted molar refractivity (Wildman–Crippen MR) is 117 cm³/mol. The first-order valence-corrected chi connectivity index (χ1v) is 10.6. The van der Waals surface area contributed by atoms with Crippen LogP contribution in [0, 0.1) is 0 Å². The molecule has 0 unspecified atom stereocenters. The van der Waals surface area contributed by atoms with Crippen LogP contribution >= 0.6 is 0 Å². The molecule has 1 amide bonds. The average Bonchev–Trinajstić information content (AvgIpc) is 2.81. The van der Waals surface area contributed by atoms with Crippen LogP contribution in [0.2, 0.25) is 0 Å². The van der Waals surface area contributed by atoms with E-state index in [-0.39, 0.29) is 5.91 Å². The van der Waals surface area contributed by atoms with Gasteiger partial charge in [-0.1, -0.05) is 72.8 Å². The fourth-order valence-electron chi connectivity index (χ4n) is 4.44. The van der Waals surface area contributed by atoms with Gasteiger partial charge in [0, 0.05) is 45.9 Å². The average molecular weight is 391 g/mol. The molecule has 4 rings (SSSR count).